The summed E-state index contributed by atoms with van der Waals surface area (Å²) in [6.45, 7) is 3.77. The number of benzene rings is 1. The molecule has 0 bridgehead atoms. The molecule has 0 aromatic heterocycles. The number of nitrogens with zero attached hydrogens (tertiary/aromatic N) is 1. The number of Topliss-reactive ketones (excluding diaryl/α,β-unsaturated/α-hetero) is 1. The molecule has 1 aliphatic heterocycles. The Labute approximate surface area is 105 Å². The van der Waals surface area contributed by atoms with E-state index in [-0.39, 0.29) is 17.4 Å². The van der Waals surface area contributed by atoms with Gasteiger partial charge in [0.2, 0.25) is 0 Å². The van der Waals surface area contributed by atoms with Crippen molar-refractivity contribution in [2.45, 2.75) is 13.3 Å². The number of nitro benzene ring substituents is 1. The summed E-state index contributed by atoms with van der Waals surface area (Å²) in [6, 6.07) is 5.85. The molecule has 0 aliphatic carbocycles. The fraction of sp³-hybridized carbons (Fsp3) is 0.462. The van der Waals surface area contributed by atoms with E-state index in [1.165, 1.54) is 12.1 Å². The minimum Gasteiger partial charge on any atom is -0.316 e. The number of nitro groups is 1. The van der Waals surface area contributed by atoms with E-state index in [0.717, 1.165) is 19.5 Å². The van der Waals surface area contributed by atoms with E-state index >= 15 is 0 Å². The van der Waals surface area contributed by atoms with Gasteiger partial charge in [0.05, 0.1) is 4.92 Å². The summed E-state index contributed by atoms with van der Waals surface area (Å²) in [4.78, 5) is 22.3. The smallest absolute Gasteiger partial charge is 0.269 e. The van der Waals surface area contributed by atoms with E-state index < -0.39 is 4.92 Å². The molecular weight excluding hydrogens is 232 g/mol. The highest BCUT2D eigenvalue weighted by Gasteiger charge is 2.27. The van der Waals surface area contributed by atoms with Crippen molar-refractivity contribution in [3.05, 3.63) is 39.9 Å². The van der Waals surface area contributed by atoms with Gasteiger partial charge in [0.25, 0.3) is 5.69 Å². The van der Waals surface area contributed by atoms with Gasteiger partial charge in [0.1, 0.15) is 0 Å². The van der Waals surface area contributed by atoms with E-state index in [9.17, 15) is 14.9 Å². The number of hydrogen-bond donors (Lipinski definition) is 1. The number of ketones is 1. The van der Waals surface area contributed by atoms with Crippen LogP contribution in [0, 0.1) is 22.0 Å². The Morgan fingerprint density at radius 2 is 2.11 bits per heavy atom. The summed E-state index contributed by atoms with van der Waals surface area (Å²) >= 11 is 0. The molecule has 96 valence electrons. The Bertz CT molecular complexity index is 450. The summed E-state index contributed by atoms with van der Waals surface area (Å²) in [5, 5.41) is 13.8. The lowest BCUT2D eigenvalue weighted by Gasteiger charge is -2.16. The van der Waals surface area contributed by atoms with Crippen LogP contribution in [0.3, 0.4) is 0 Å². The quantitative estimate of drug-likeness (QED) is 0.502. The molecule has 5 nitrogen and oxygen atoms in total. The van der Waals surface area contributed by atoms with Crippen LogP contribution in [0.25, 0.3) is 0 Å². The molecule has 2 unspecified atom stereocenters. The zero-order valence-electron chi connectivity index (χ0n) is 10.3. The lowest BCUT2D eigenvalue weighted by atomic mass is 9.86. The van der Waals surface area contributed by atoms with Crippen LogP contribution in [0.15, 0.2) is 24.3 Å². The number of non-ortho nitro benzene ring substituents is 1. The van der Waals surface area contributed by atoms with Crippen molar-refractivity contribution in [3.8, 4) is 0 Å². The normalized spacial score (nSPS) is 20.6. The monoisotopic (exact) mass is 248 g/mol. The fourth-order valence-corrected chi connectivity index (χ4v) is 2.33. The van der Waals surface area contributed by atoms with Gasteiger partial charge < -0.3 is 5.32 Å². The number of hydrogen-bond acceptors (Lipinski definition) is 4. The zero-order chi connectivity index (χ0) is 13.1. The average Bonchev–Trinajstić information content (AvgIpc) is 2.91. The molecule has 1 aromatic carbocycles. The molecule has 1 heterocycles. The van der Waals surface area contributed by atoms with E-state index in [1.807, 2.05) is 6.92 Å². The van der Waals surface area contributed by atoms with Gasteiger partial charge in [-0.2, -0.15) is 0 Å². The highest BCUT2D eigenvalue weighted by Crippen LogP contribution is 2.23. The third-order valence-corrected chi connectivity index (χ3v) is 3.58. The van der Waals surface area contributed by atoms with Crippen LogP contribution in [0.4, 0.5) is 5.69 Å². The minimum atomic E-state index is -0.460. The maximum atomic E-state index is 12.2. The topological polar surface area (TPSA) is 72.2 Å². The number of carbonyl (C=O) groups excluding carboxylic acids is 1. The van der Waals surface area contributed by atoms with Gasteiger partial charge in [0, 0.05) is 23.6 Å². The first kappa shape index (κ1) is 12.7. The van der Waals surface area contributed by atoms with E-state index in [2.05, 4.69) is 5.32 Å². The summed E-state index contributed by atoms with van der Waals surface area (Å²) in [6.07, 6.45) is 1.01. The Kier molecular flexibility index (Phi) is 3.72. The van der Waals surface area contributed by atoms with Crippen LogP contribution < -0.4 is 5.32 Å². The van der Waals surface area contributed by atoms with Crippen LogP contribution >= 0.6 is 0 Å². The SMILES string of the molecule is CC(C(=O)c1ccc([N+](=O)[O-])cc1)C1CCNC1. The highest BCUT2D eigenvalue weighted by molar-refractivity contribution is 5.98. The molecule has 1 fully saturated rings. The lowest BCUT2D eigenvalue weighted by molar-refractivity contribution is -0.384. The molecule has 5 heteroatoms. The molecule has 1 aliphatic rings. The van der Waals surface area contributed by atoms with Crippen LogP contribution in [0.2, 0.25) is 0 Å². The third-order valence-electron chi connectivity index (χ3n) is 3.58. The van der Waals surface area contributed by atoms with Gasteiger partial charge in [-0.3, -0.25) is 14.9 Å². The predicted octanol–water partition coefficient (Wildman–Crippen LogP) is 2.02. The van der Waals surface area contributed by atoms with Gasteiger partial charge in [-0.25, -0.2) is 0 Å². The summed E-state index contributed by atoms with van der Waals surface area (Å²) in [7, 11) is 0. The molecule has 18 heavy (non-hydrogen) atoms. The van der Waals surface area contributed by atoms with Crippen molar-refractivity contribution in [1.82, 2.24) is 5.32 Å². The first-order valence-electron chi connectivity index (χ1n) is 6.09. The van der Waals surface area contributed by atoms with Crippen molar-refractivity contribution in [2.24, 2.45) is 11.8 Å². The van der Waals surface area contributed by atoms with Gasteiger partial charge in [0.15, 0.2) is 5.78 Å². The Morgan fingerprint density at radius 1 is 1.44 bits per heavy atom. The van der Waals surface area contributed by atoms with Crippen LogP contribution in [-0.4, -0.2) is 23.8 Å². The molecule has 2 rings (SSSR count). The third kappa shape index (κ3) is 2.56. The summed E-state index contributed by atoms with van der Waals surface area (Å²) in [5.41, 5.74) is 0.571. The van der Waals surface area contributed by atoms with E-state index in [0.29, 0.717) is 11.5 Å². The standard InChI is InChI=1S/C13H16N2O3/c1-9(11-6-7-14-8-11)13(16)10-2-4-12(5-3-10)15(17)18/h2-5,9,11,14H,6-8H2,1H3. The van der Waals surface area contributed by atoms with Crippen molar-refractivity contribution in [2.75, 3.05) is 13.1 Å². The molecule has 1 N–H and O–H groups in total. The number of nitrogens with one attached hydrogen (secondary N) is 1. The zero-order valence-corrected chi connectivity index (χ0v) is 10.3. The van der Waals surface area contributed by atoms with Crippen molar-refractivity contribution < 1.29 is 9.72 Å². The van der Waals surface area contributed by atoms with Gasteiger partial charge in [-0.1, -0.05) is 6.92 Å². The van der Waals surface area contributed by atoms with E-state index in [1.54, 1.807) is 12.1 Å². The van der Waals surface area contributed by atoms with Crippen LogP contribution in [-0.2, 0) is 0 Å². The Balaban J connectivity index is 2.10. The maximum absolute atomic E-state index is 12.2. The predicted molar refractivity (Wildman–Crippen MR) is 67.6 cm³/mol. The summed E-state index contributed by atoms with van der Waals surface area (Å²) in [5.74, 6) is 0.396. The van der Waals surface area contributed by atoms with Crippen molar-refractivity contribution >= 4 is 11.5 Å². The molecule has 1 aromatic rings. The summed E-state index contributed by atoms with van der Waals surface area (Å²) < 4.78 is 0. The molecular formula is C13H16N2O3. The average molecular weight is 248 g/mol. The van der Waals surface area contributed by atoms with Gasteiger partial charge >= 0.3 is 0 Å². The van der Waals surface area contributed by atoms with Crippen molar-refractivity contribution in [3.63, 3.8) is 0 Å². The van der Waals surface area contributed by atoms with Gasteiger partial charge in [-0.15, -0.1) is 0 Å². The number of rotatable bonds is 4. The second kappa shape index (κ2) is 5.27. The van der Waals surface area contributed by atoms with Crippen LogP contribution in [0.5, 0.6) is 0 Å². The van der Waals surface area contributed by atoms with Gasteiger partial charge in [-0.05, 0) is 37.6 Å². The lowest BCUT2D eigenvalue weighted by Crippen LogP contribution is -2.23. The van der Waals surface area contributed by atoms with Crippen LogP contribution in [0.1, 0.15) is 23.7 Å². The molecule has 0 saturated carbocycles. The Hall–Kier alpha value is -1.75. The van der Waals surface area contributed by atoms with E-state index in [4.69, 9.17) is 0 Å². The molecule has 1 saturated heterocycles. The molecule has 0 spiro atoms. The largest absolute Gasteiger partial charge is 0.316 e. The fourth-order valence-electron chi connectivity index (χ4n) is 2.33. The molecule has 2 atom stereocenters. The Morgan fingerprint density at radius 3 is 2.61 bits per heavy atom. The molecule has 0 amide bonds. The van der Waals surface area contributed by atoms with Crippen molar-refractivity contribution in [1.29, 1.82) is 0 Å². The second-order valence-electron chi connectivity index (χ2n) is 4.71. The maximum Gasteiger partial charge on any atom is 0.269 e. The highest BCUT2D eigenvalue weighted by atomic mass is 16.6. The minimum absolute atomic E-state index is 0.0155. The number of carbonyl (C=O) groups is 1. The first-order valence-corrected chi connectivity index (χ1v) is 6.09. The molecule has 0 radical (unpaired) electrons. The second-order valence-corrected chi connectivity index (χ2v) is 4.71. The first-order chi connectivity index (χ1) is 8.59.